The van der Waals surface area contributed by atoms with Crippen LogP contribution in [0.2, 0.25) is 0 Å². The zero-order chi connectivity index (χ0) is 18.7. The Bertz CT molecular complexity index is 987. The van der Waals surface area contributed by atoms with Gasteiger partial charge in [-0.2, -0.15) is 0 Å². The molecule has 6 nitrogen and oxygen atoms in total. The summed E-state index contributed by atoms with van der Waals surface area (Å²) < 4.78 is 7.06. The van der Waals surface area contributed by atoms with E-state index in [-0.39, 0.29) is 18.3 Å². The summed E-state index contributed by atoms with van der Waals surface area (Å²) in [6, 6.07) is 11.0. The number of thiophene rings is 1. The molecule has 0 aliphatic heterocycles. The number of carbonyl (C=O) groups excluding carboxylic acids is 3. The Balaban J connectivity index is 1.64. The number of aromatic nitrogens is 1. The van der Waals surface area contributed by atoms with Gasteiger partial charge in [-0.15, -0.1) is 11.3 Å². The fourth-order valence-electron chi connectivity index (χ4n) is 2.62. The third-order valence-electron chi connectivity index (χ3n) is 3.90. The molecule has 134 valence electrons. The van der Waals surface area contributed by atoms with Crippen LogP contribution < -0.4 is 5.32 Å². The minimum absolute atomic E-state index is 0.129. The summed E-state index contributed by atoms with van der Waals surface area (Å²) in [5, 5.41) is 3.47. The molecule has 3 aromatic rings. The molecule has 0 aliphatic rings. The Morgan fingerprint density at radius 2 is 1.92 bits per heavy atom. The summed E-state index contributed by atoms with van der Waals surface area (Å²) in [7, 11) is 1.85. The van der Waals surface area contributed by atoms with Crippen molar-refractivity contribution in [3.8, 4) is 0 Å². The summed E-state index contributed by atoms with van der Waals surface area (Å²) in [6.45, 7) is 1.50. The number of rotatable bonds is 6. The van der Waals surface area contributed by atoms with Crippen LogP contribution in [0.3, 0.4) is 0 Å². The van der Waals surface area contributed by atoms with E-state index in [0.717, 1.165) is 15.8 Å². The molecule has 7 heteroatoms. The van der Waals surface area contributed by atoms with Crippen molar-refractivity contribution in [2.24, 2.45) is 7.05 Å². The second kappa shape index (κ2) is 7.53. The minimum Gasteiger partial charge on any atom is -0.454 e. The Morgan fingerprint density at radius 1 is 1.15 bits per heavy atom. The van der Waals surface area contributed by atoms with E-state index in [4.69, 9.17) is 4.74 Å². The van der Waals surface area contributed by atoms with Gasteiger partial charge in [0, 0.05) is 35.9 Å². The summed E-state index contributed by atoms with van der Waals surface area (Å²) in [4.78, 5) is 36.9. The number of nitrogens with one attached hydrogen (secondary N) is 1. The molecule has 0 radical (unpaired) electrons. The molecule has 1 aromatic carbocycles. The predicted molar refractivity (Wildman–Crippen MR) is 99.4 cm³/mol. The molecule has 0 bridgehead atoms. The highest BCUT2D eigenvalue weighted by molar-refractivity contribution is 7.14. The quantitative estimate of drug-likeness (QED) is 0.535. The number of carbonyl (C=O) groups is 3. The van der Waals surface area contributed by atoms with Crippen LogP contribution in [0.1, 0.15) is 31.8 Å². The molecule has 0 spiro atoms. The number of nitrogens with zero attached hydrogens (tertiary/aromatic N) is 1. The molecule has 0 saturated heterocycles. The van der Waals surface area contributed by atoms with Gasteiger partial charge in [0.1, 0.15) is 0 Å². The number of Topliss-reactive ketones (excluding diaryl/α,β-unsaturated/α-hetero) is 1. The number of aryl methyl sites for hydroxylation is 1. The summed E-state index contributed by atoms with van der Waals surface area (Å²) >= 11 is 1.28. The average Bonchev–Trinajstić information content (AvgIpc) is 3.23. The number of para-hydroxylation sites is 1. The van der Waals surface area contributed by atoms with E-state index in [1.807, 2.05) is 35.9 Å². The van der Waals surface area contributed by atoms with E-state index in [9.17, 15) is 14.4 Å². The lowest BCUT2D eigenvalue weighted by molar-refractivity contribution is -0.119. The van der Waals surface area contributed by atoms with Crippen molar-refractivity contribution in [2.45, 2.75) is 13.5 Å². The SMILES string of the molecule is CC(=O)NCc1ccc(C(=O)COC(=O)c2cn(C)c3ccccc23)s1. The van der Waals surface area contributed by atoms with Gasteiger partial charge < -0.3 is 14.6 Å². The molecular weight excluding hydrogens is 352 g/mol. The Morgan fingerprint density at radius 3 is 2.69 bits per heavy atom. The molecule has 2 aromatic heterocycles. The number of hydrogen-bond donors (Lipinski definition) is 1. The van der Waals surface area contributed by atoms with Crippen LogP contribution in [0, 0.1) is 0 Å². The maximum Gasteiger partial charge on any atom is 0.340 e. The third kappa shape index (κ3) is 3.83. The summed E-state index contributed by atoms with van der Waals surface area (Å²) in [6.07, 6.45) is 1.70. The van der Waals surface area contributed by atoms with E-state index < -0.39 is 5.97 Å². The van der Waals surface area contributed by atoms with E-state index in [2.05, 4.69) is 5.32 Å². The normalized spacial score (nSPS) is 10.7. The second-order valence-corrected chi connectivity index (χ2v) is 7.01. The molecule has 0 atom stereocenters. The number of ketones is 1. The first kappa shape index (κ1) is 17.9. The van der Waals surface area contributed by atoms with Crippen molar-refractivity contribution < 1.29 is 19.1 Å². The van der Waals surface area contributed by atoms with Gasteiger partial charge in [0.2, 0.25) is 11.7 Å². The van der Waals surface area contributed by atoms with Crippen LogP contribution in [0.4, 0.5) is 0 Å². The zero-order valence-electron chi connectivity index (χ0n) is 14.4. The predicted octanol–water partition coefficient (Wildman–Crippen LogP) is 2.92. The van der Waals surface area contributed by atoms with Crippen LogP contribution in [0.25, 0.3) is 10.9 Å². The Kier molecular flexibility index (Phi) is 5.18. The highest BCUT2D eigenvalue weighted by Crippen LogP contribution is 2.21. The van der Waals surface area contributed by atoms with Gasteiger partial charge in [0.25, 0.3) is 0 Å². The smallest absolute Gasteiger partial charge is 0.340 e. The Labute approximate surface area is 154 Å². The van der Waals surface area contributed by atoms with Gasteiger partial charge in [0.05, 0.1) is 17.0 Å². The topological polar surface area (TPSA) is 77.4 Å². The van der Waals surface area contributed by atoms with Gasteiger partial charge in [-0.25, -0.2) is 4.79 Å². The standard InChI is InChI=1S/C19H18N2O4S/c1-12(22)20-9-13-7-8-18(26-13)17(23)11-25-19(24)15-10-21(2)16-6-4-3-5-14(15)16/h3-8,10H,9,11H2,1-2H3,(H,20,22). The Hall–Kier alpha value is -2.93. The monoisotopic (exact) mass is 370 g/mol. The molecule has 0 saturated carbocycles. The molecular formula is C19H18N2O4S. The third-order valence-corrected chi connectivity index (χ3v) is 5.03. The van der Waals surface area contributed by atoms with Crippen molar-refractivity contribution in [3.05, 3.63) is 57.9 Å². The van der Waals surface area contributed by atoms with Crippen molar-refractivity contribution in [3.63, 3.8) is 0 Å². The average molecular weight is 370 g/mol. The first-order valence-corrected chi connectivity index (χ1v) is 8.85. The number of hydrogen-bond acceptors (Lipinski definition) is 5. The number of esters is 1. The number of ether oxygens (including phenoxy) is 1. The van der Waals surface area contributed by atoms with E-state index in [1.165, 1.54) is 18.3 Å². The molecule has 26 heavy (non-hydrogen) atoms. The summed E-state index contributed by atoms with van der Waals surface area (Å²) in [5.74, 6) is -0.918. The fourth-order valence-corrected chi connectivity index (χ4v) is 3.49. The fraction of sp³-hybridized carbons (Fsp3) is 0.211. The number of fused-ring (bicyclic) bond motifs is 1. The van der Waals surface area contributed by atoms with Crippen molar-refractivity contribution in [1.29, 1.82) is 0 Å². The molecule has 1 amide bonds. The van der Waals surface area contributed by atoms with Crippen LogP contribution >= 0.6 is 11.3 Å². The maximum atomic E-state index is 12.4. The zero-order valence-corrected chi connectivity index (χ0v) is 15.3. The van der Waals surface area contributed by atoms with Gasteiger partial charge in [0.15, 0.2) is 6.61 Å². The van der Waals surface area contributed by atoms with E-state index in [0.29, 0.717) is 17.0 Å². The molecule has 2 heterocycles. The maximum absolute atomic E-state index is 12.4. The first-order chi connectivity index (χ1) is 12.5. The molecule has 0 unspecified atom stereocenters. The largest absolute Gasteiger partial charge is 0.454 e. The molecule has 1 N–H and O–H groups in total. The highest BCUT2D eigenvalue weighted by Gasteiger charge is 2.17. The minimum atomic E-state index is -0.523. The number of benzene rings is 1. The summed E-state index contributed by atoms with van der Waals surface area (Å²) in [5.41, 5.74) is 1.36. The van der Waals surface area contributed by atoms with Crippen molar-refractivity contribution in [1.82, 2.24) is 9.88 Å². The van der Waals surface area contributed by atoms with Gasteiger partial charge in [-0.1, -0.05) is 18.2 Å². The van der Waals surface area contributed by atoms with Crippen molar-refractivity contribution >= 4 is 39.9 Å². The molecule has 3 rings (SSSR count). The van der Waals surface area contributed by atoms with Gasteiger partial charge >= 0.3 is 5.97 Å². The van der Waals surface area contributed by atoms with Crippen LogP contribution in [-0.2, 0) is 23.1 Å². The van der Waals surface area contributed by atoms with E-state index in [1.54, 1.807) is 18.3 Å². The molecule has 0 aliphatic carbocycles. The van der Waals surface area contributed by atoms with Crippen molar-refractivity contribution in [2.75, 3.05) is 6.61 Å². The second-order valence-electron chi connectivity index (χ2n) is 5.85. The number of amides is 1. The van der Waals surface area contributed by atoms with E-state index >= 15 is 0 Å². The highest BCUT2D eigenvalue weighted by atomic mass is 32.1. The molecule has 0 fully saturated rings. The lowest BCUT2D eigenvalue weighted by atomic mass is 10.2. The van der Waals surface area contributed by atoms with Crippen LogP contribution in [-0.4, -0.2) is 28.8 Å². The van der Waals surface area contributed by atoms with Crippen LogP contribution in [0.5, 0.6) is 0 Å². The van der Waals surface area contributed by atoms with Crippen LogP contribution in [0.15, 0.2) is 42.6 Å². The van der Waals surface area contributed by atoms with Gasteiger partial charge in [-0.05, 0) is 18.2 Å². The lowest BCUT2D eigenvalue weighted by Crippen LogP contribution is -2.18. The lowest BCUT2D eigenvalue weighted by Gasteiger charge is -2.02. The first-order valence-electron chi connectivity index (χ1n) is 8.03. The van der Waals surface area contributed by atoms with Gasteiger partial charge in [-0.3, -0.25) is 9.59 Å².